The first-order valence-corrected chi connectivity index (χ1v) is 6.11. The summed E-state index contributed by atoms with van der Waals surface area (Å²) in [5.41, 5.74) is 7.46. The van der Waals surface area contributed by atoms with Crippen molar-refractivity contribution < 1.29 is 5.11 Å². The maximum absolute atomic E-state index is 9.84. The summed E-state index contributed by atoms with van der Waals surface area (Å²) in [7, 11) is 1.95. The standard InChI is InChI=1S/C13H20N2OS/c1-9(2)12(16)8-15(3)11-6-4-5-10(7-11)13(14)17/h4-7,9,12,16H,8H2,1-3H3,(H2,14,17). The molecule has 0 saturated carbocycles. The molecule has 0 amide bonds. The van der Waals surface area contributed by atoms with Crippen molar-refractivity contribution >= 4 is 22.9 Å². The fourth-order valence-corrected chi connectivity index (χ4v) is 1.62. The molecule has 0 radical (unpaired) electrons. The molecule has 94 valence electrons. The molecule has 3 nitrogen and oxygen atoms in total. The van der Waals surface area contributed by atoms with Crippen molar-refractivity contribution in [2.24, 2.45) is 11.7 Å². The highest BCUT2D eigenvalue weighted by Gasteiger charge is 2.12. The zero-order valence-electron chi connectivity index (χ0n) is 10.6. The molecule has 0 aliphatic rings. The van der Waals surface area contributed by atoms with Gasteiger partial charge < -0.3 is 15.7 Å². The van der Waals surface area contributed by atoms with Gasteiger partial charge in [-0.3, -0.25) is 0 Å². The Morgan fingerprint density at radius 3 is 2.65 bits per heavy atom. The van der Waals surface area contributed by atoms with Crippen LogP contribution < -0.4 is 10.6 Å². The first-order valence-electron chi connectivity index (χ1n) is 5.71. The molecule has 0 fully saturated rings. The van der Waals surface area contributed by atoms with Crippen molar-refractivity contribution in [2.75, 3.05) is 18.5 Å². The van der Waals surface area contributed by atoms with Crippen LogP contribution in [-0.4, -0.2) is 29.8 Å². The number of aliphatic hydroxyl groups excluding tert-OH is 1. The predicted molar refractivity (Wildman–Crippen MR) is 76.4 cm³/mol. The van der Waals surface area contributed by atoms with Crippen molar-refractivity contribution in [1.29, 1.82) is 0 Å². The average Bonchev–Trinajstić information content (AvgIpc) is 2.28. The van der Waals surface area contributed by atoms with Gasteiger partial charge in [0.2, 0.25) is 0 Å². The van der Waals surface area contributed by atoms with Crippen LogP contribution in [0.4, 0.5) is 5.69 Å². The Morgan fingerprint density at radius 1 is 1.47 bits per heavy atom. The van der Waals surface area contributed by atoms with Crippen molar-refractivity contribution in [2.45, 2.75) is 20.0 Å². The Morgan fingerprint density at radius 2 is 2.12 bits per heavy atom. The van der Waals surface area contributed by atoms with Gasteiger partial charge in [-0.25, -0.2) is 0 Å². The van der Waals surface area contributed by atoms with Gasteiger partial charge in [-0.05, 0) is 18.1 Å². The third-order valence-electron chi connectivity index (χ3n) is 2.80. The molecule has 0 aliphatic carbocycles. The highest BCUT2D eigenvalue weighted by Crippen LogP contribution is 2.16. The summed E-state index contributed by atoms with van der Waals surface area (Å²) in [5, 5.41) is 9.84. The van der Waals surface area contributed by atoms with E-state index >= 15 is 0 Å². The van der Waals surface area contributed by atoms with Gasteiger partial charge in [-0.15, -0.1) is 0 Å². The Hall–Kier alpha value is -1.13. The van der Waals surface area contributed by atoms with E-state index in [2.05, 4.69) is 0 Å². The summed E-state index contributed by atoms with van der Waals surface area (Å²) >= 11 is 4.95. The van der Waals surface area contributed by atoms with Crippen molar-refractivity contribution in [1.82, 2.24) is 0 Å². The molecule has 1 atom stereocenters. The molecule has 1 rings (SSSR count). The minimum absolute atomic E-state index is 0.246. The van der Waals surface area contributed by atoms with Crippen molar-refractivity contribution in [3.63, 3.8) is 0 Å². The molecule has 1 aromatic rings. The number of nitrogens with zero attached hydrogens (tertiary/aromatic N) is 1. The molecular weight excluding hydrogens is 232 g/mol. The average molecular weight is 252 g/mol. The van der Waals surface area contributed by atoms with Gasteiger partial charge in [0.25, 0.3) is 0 Å². The fraction of sp³-hybridized carbons (Fsp3) is 0.462. The summed E-state index contributed by atoms with van der Waals surface area (Å²) in [6.07, 6.45) is -0.339. The Bertz CT molecular complexity index is 393. The highest BCUT2D eigenvalue weighted by atomic mass is 32.1. The van der Waals surface area contributed by atoms with E-state index in [1.54, 1.807) is 0 Å². The Labute approximate surface area is 108 Å². The molecule has 0 aliphatic heterocycles. The van der Waals surface area contributed by atoms with Gasteiger partial charge in [0.1, 0.15) is 4.99 Å². The summed E-state index contributed by atoms with van der Waals surface area (Å²) < 4.78 is 0. The summed E-state index contributed by atoms with van der Waals surface area (Å²) in [5.74, 6) is 0.246. The molecule has 0 aromatic heterocycles. The number of thiocarbonyl (C=S) groups is 1. The Kier molecular flexibility index (Phi) is 4.90. The molecule has 3 N–H and O–H groups in total. The second-order valence-electron chi connectivity index (χ2n) is 4.61. The second kappa shape index (κ2) is 5.98. The van der Waals surface area contributed by atoms with Crippen LogP contribution in [0.3, 0.4) is 0 Å². The summed E-state index contributed by atoms with van der Waals surface area (Å²) in [6, 6.07) is 7.73. The second-order valence-corrected chi connectivity index (χ2v) is 5.05. The molecule has 1 unspecified atom stereocenters. The zero-order chi connectivity index (χ0) is 13.0. The van der Waals surface area contributed by atoms with Crippen LogP contribution in [-0.2, 0) is 0 Å². The van der Waals surface area contributed by atoms with Gasteiger partial charge in [0.15, 0.2) is 0 Å². The lowest BCUT2D eigenvalue weighted by atomic mass is 10.1. The largest absolute Gasteiger partial charge is 0.391 e. The van der Waals surface area contributed by atoms with Gasteiger partial charge in [-0.2, -0.15) is 0 Å². The van der Waals surface area contributed by atoms with Crippen LogP contribution in [0.1, 0.15) is 19.4 Å². The van der Waals surface area contributed by atoms with Crippen LogP contribution in [0.2, 0.25) is 0 Å². The summed E-state index contributed by atoms with van der Waals surface area (Å²) in [6.45, 7) is 4.60. The van der Waals surface area contributed by atoms with Crippen LogP contribution in [0.15, 0.2) is 24.3 Å². The number of hydrogen-bond donors (Lipinski definition) is 2. The van der Waals surface area contributed by atoms with Gasteiger partial charge in [0, 0.05) is 24.8 Å². The van der Waals surface area contributed by atoms with E-state index < -0.39 is 0 Å². The van der Waals surface area contributed by atoms with E-state index in [0.717, 1.165) is 11.3 Å². The van der Waals surface area contributed by atoms with Crippen LogP contribution >= 0.6 is 12.2 Å². The van der Waals surface area contributed by atoms with Crippen molar-refractivity contribution in [3.05, 3.63) is 29.8 Å². The highest BCUT2D eigenvalue weighted by molar-refractivity contribution is 7.80. The number of likely N-dealkylation sites (N-methyl/N-ethyl adjacent to an activating group) is 1. The lowest BCUT2D eigenvalue weighted by molar-refractivity contribution is 0.132. The maximum atomic E-state index is 9.84. The van der Waals surface area contributed by atoms with E-state index in [9.17, 15) is 5.11 Å². The minimum Gasteiger partial charge on any atom is -0.391 e. The lowest BCUT2D eigenvalue weighted by Crippen LogP contribution is -2.32. The molecule has 4 heteroatoms. The van der Waals surface area contributed by atoms with Crippen molar-refractivity contribution in [3.8, 4) is 0 Å². The number of hydrogen-bond acceptors (Lipinski definition) is 3. The van der Waals surface area contributed by atoms with E-state index in [-0.39, 0.29) is 12.0 Å². The van der Waals surface area contributed by atoms with Crippen LogP contribution in [0.25, 0.3) is 0 Å². The molecule has 0 bridgehead atoms. The number of nitrogens with two attached hydrogens (primary N) is 1. The van der Waals surface area contributed by atoms with E-state index in [0.29, 0.717) is 11.5 Å². The summed E-state index contributed by atoms with van der Waals surface area (Å²) in [4.78, 5) is 2.40. The number of anilines is 1. The minimum atomic E-state index is -0.339. The van der Waals surface area contributed by atoms with Gasteiger partial charge in [0.05, 0.1) is 6.10 Å². The third kappa shape index (κ3) is 3.98. The monoisotopic (exact) mass is 252 g/mol. The van der Waals surface area contributed by atoms with Crippen LogP contribution in [0.5, 0.6) is 0 Å². The maximum Gasteiger partial charge on any atom is 0.104 e. The van der Waals surface area contributed by atoms with Crippen LogP contribution in [0, 0.1) is 5.92 Å². The first kappa shape index (κ1) is 13.9. The zero-order valence-corrected chi connectivity index (χ0v) is 11.4. The topological polar surface area (TPSA) is 49.5 Å². The predicted octanol–water partition coefficient (Wildman–Crippen LogP) is 1.77. The fourth-order valence-electron chi connectivity index (χ4n) is 1.49. The molecule has 0 spiro atoms. The number of aliphatic hydroxyl groups is 1. The molecule has 17 heavy (non-hydrogen) atoms. The normalized spacial score (nSPS) is 12.5. The number of rotatable bonds is 5. The van der Waals surface area contributed by atoms with E-state index in [1.807, 2.05) is 50.1 Å². The quantitative estimate of drug-likeness (QED) is 0.784. The molecule has 0 saturated heterocycles. The Balaban J connectivity index is 2.78. The van der Waals surface area contributed by atoms with E-state index in [1.165, 1.54) is 0 Å². The SMILES string of the molecule is CC(C)C(O)CN(C)c1cccc(C(N)=S)c1. The first-order chi connectivity index (χ1) is 7.91. The molecule has 1 aromatic carbocycles. The smallest absolute Gasteiger partial charge is 0.104 e. The molecular formula is C13H20N2OS. The van der Waals surface area contributed by atoms with Gasteiger partial charge in [-0.1, -0.05) is 38.2 Å². The number of benzene rings is 1. The van der Waals surface area contributed by atoms with E-state index in [4.69, 9.17) is 18.0 Å². The molecule has 0 heterocycles. The lowest BCUT2D eigenvalue weighted by Gasteiger charge is -2.25. The third-order valence-corrected chi connectivity index (χ3v) is 3.04. The van der Waals surface area contributed by atoms with Gasteiger partial charge >= 0.3 is 0 Å².